The number of methoxy groups -OCH3 is 1. The van der Waals surface area contributed by atoms with Crippen molar-refractivity contribution in [2.24, 2.45) is 0 Å². The summed E-state index contributed by atoms with van der Waals surface area (Å²) in [6.45, 7) is 7.71. The Kier molecular flexibility index (Phi) is 13.0. The van der Waals surface area contributed by atoms with Crippen LogP contribution in [0.3, 0.4) is 0 Å². The molecule has 60 heavy (non-hydrogen) atoms. The molecule has 0 amide bonds. The van der Waals surface area contributed by atoms with E-state index in [0.717, 1.165) is 80.9 Å². The van der Waals surface area contributed by atoms with Crippen LogP contribution in [-0.4, -0.2) is 49.3 Å². The molecule has 3 atom stereocenters. The van der Waals surface area contributed by atoms with Gasteiger partial charge in [0.1, 0.15) is 46.5 Å². The molecular weight excluding hydrogens is 765 g/mol. The van der Waals surface area contributed by atoms with Crippen molar-refractivity contribution in [1.82, 2.24) is 0 Å². The van der Waals surface area contributed by atoms with Crippen molar-refractivity contribution in [3.8, 4) is 23.0 Å². The molecule has 11 heteroatoms. The highest BCUT2D eigenvalue weighted by molar-refractivity contribution is 5.98. The van der Waals surface area contributed by atoms with Crippen molar-refractivity contribution in [2.45, 2.75) is 129 Å². The molecule has 0 spiro atoms. The highest BCUT2D eigenvalue weighted by atomic mass is 16.7. The minimum absolute atomic E-state index is 0.0986. The van der Waals surface area contributed by atoms with Crippen LogP contribution in [0.4, 0.5) is 0 Å². The number of Topliss-reactive ketones (excluding diaryl/α,β-unsaturated/α-hetero) is 1. The molecule has 0 bridgehead atoms. The van der Waals surface area contributed by atoms with Crippen molar-refractivity contribution in [2.75, 3.05) is 20.5 Å². The monoisotopic (exact) mass is 820 g/mol. The number of benzene rings is 3. The van der Waals surface area contributed by atoms with E-state index < -0.39 is 23.7 Å². The fourth-order valence-electron chi connectivity index (χ4n) is 9.23. The van der Waals surface area contributed by atoms with Crippen molar-refractivity contribution in [3.05, 3.63) is 104 Å². The van der Waals surface area contributed by atoms with Crippen LogP contribution in [0, 0.1) is 0 Å². The quantitative estimate of drug-likeness (QED) is 0.0677. The number of unbranched alkanes of at least 4 members (excludes halogenated alkanes) is 2. The summed E-state index contributed by atoms with van der Waals surface area (Å²) in [6, 6.07) is 10.1. The molecule has 2 aliphatic heterocycles. The Labute approximate surface area is 352 Å². The Balaban J connectivity index is 1.32. The van der Waals surface area contributed by atoms with E-state index in [9.17, 15) is 24.3 Å². The molecule has 3 aromatic rings. The summed E-state index contributed by atoms with van der Waals surface area (Å²) in [6.07, 6.45) is 13.9. The van der Waals surface area contributed by atoms with E-state index in [1.165, 1.54) is 19.6 Å². The topological polar surface area (TPSA) is 144 Å². The van der Waals surface area contributed by atoms with Crippen LogP contribution in [0.5, 0.6) is 23.0 Å². The molecule has 11 nitrogen and oxygen atoms in total. The zero-order valence-corrected chi connectivity index (χ0v) is 35.4. The number of hydrogen-bond donors (Lipinski definition) is 1. The smallest absolute Gasteiger partial charge is 0.345 e. The number of carbonyl (C=O) groups excluding carboxylic acids is 4. The Morgan fingerprint density at radius 1 is 0.833 bits per heavy atom. The number of ether oxygens (including phenoxy) is 6. The predicted molar refractivity (Wildman–Crippen MR) is 224 cm³/mol. The van der Waals surface area contributed by atoms with E-state index in [-0.39, 0.29) is 43.2 Å². The summed E-state index contributed by atoms with van der Waals surface area (Å²) < 4.78 is 36.3. The first-order chi connectivity index (χ1) is 29.0. The highest BCUT2D eigenvalue weighted by Crippen LogP contribution is 2.52. The average molecular weight is 821 g/mol. The SMILES string of the molecule is CCCCCc1cc(OCC2=CC(c3c(O)cc(CCC)c4c3OCOC4=O)CCC2)c(C2C=C(C)CCC2)c2c1C(=O)OC(CC(C)=O)(c1ccc(C(=O)OC)cc1)O2. The van der Waals surface area contributed by atoms with Gasteiger partial charge in [-0.15, -0.1) is 0 Å². The number of phenolic OH excluding ortho intramolecular Hbond substituents is 1. The van der Waals surface area contributed by atoms with Gasteiger partial charge in [0, 0.05) is 28.5 Å². The van der Waals surface area contributed by atoms with E-state index in [0.29, 0.717) is 63.5 Å². The van der Waals surface area contributed by atoms with Crippen molar-refractivity contribution >= 4 is 23.7 Å². The van der Waals surface area contributed by atoms with Gasteiger partial charge >= 0.3 is 17.9 Å². The summed E-state index contributed by atoms with van der Waals surface area (Å²) in [5, 5.41) is 11.4. The third kappa shape index (κ3) is 8.67. The van der Waals surface area contributed by atoms with Crippen molar-refractivity contribution in [1.29, 1.82) is 0 Å². The van der Waals surface area contributed by atoms with Gasteiger partial charge < -0.3 is 33.5 Å². The van der Waals surface area contributed by atoms with E-state index >= 15 is 0 Å². The number of allylic oxidation sites excluding steroid dienone is 3. The largest absolute Gasteiger partial charge is 0.507 e. The fourth-order valence-corrected chi connectivity index (χ4v) is 9.23. The highest BCUT2D eigenvalue weighted by Gasteiger charge is 2.48. The fraction of sp³-hybridized carbons (Fsp3) is 0.469. The Morgan fingerprint density at radius 3 is 2.25 bits per heavy atom. The Hall–Kier alpha value is -5.58. The molecule has 0 saturated carbocycles. The molecule has 7 rings (SSSR count). The van der Waals surface area contributed by atoms with Gasteiger partial charge in [-0.1, -0.05) is 63.0 Å². The van der Waals surface area contributed by atoms with Crippen LogP contribution < -0.4 is 14.2 Å². The number of esters is 3. The standard InChI is InChI=1S/C49H56O11/c1-6-8-9-15-36-25-39(56-27-31-14-11-17-35(23-31)40-38(51)24-33(12-7-2)42-44(40)57-28-58-47(42)53)41(34-16-10-13-29(3)22-34)45-43(36)48(54)60-49(59-45,26-30(4)50)37-20-18-32(19-21-37)46(52)55-5/h18-25,34-35,51H,6-17,26-28H2,1-5H3. The van der Waals surface area contributed by atoms with Crippen LogP contribution in [-0.2, 0) is 37.6 Å². The van der Waals surface area contributed by atoms with Gasteiger partial charge in [0.25, 0.3) is 5.79 Å². The molecule has 3 aromatic carbocycles. The lowest BCUT2D eigenvalue weighted by atomic mass is 9.82. The van der Waals surface area contributed by atoms with Crippen molar-refractivity contribution in [3.63, 3.8) is 0 Å². The number of aryl methyl sites for hydroxylation is 2. The molecular formula is C49H56O11. The minimum Gasteiger partial charge on any atom is -0.507 e. The maximum absolute atomic E-state index is 14.5. The van der Waals surface area contributed by atoms with E-state index in [2.05, 4.69) is 26.0 Å². The number of rotatable bonds is 15. The number of fused-ring (bicyclic) bond motifs is 2. The molecule has 0 radical (unpaired) electrons. The zero-order valence-electron chi connectivity index (χ0n) is 35.4. The molecule has 0 fully saturated rings. The molecule has 1 N–H and O–H groups in total. The summed E-state index contributed by atoms with van der Waals surface area (Å²) in [5.41, 5.74) is 6.47. The molecule has 2 aliphatic carbocycles. The average Bonchev–Trinajstić information content (AvgIpc) is 3.22. The summed E-state index contributed by atoms with van der Waals surface area (Å²) in [5.74, 6) is -2.52. The first kappa shape index (κ1) is 42.5. The van der Waals surface area contributed by atoms with Crippen LogP contribution >= 0.6 is 0 Å². The normalized spacial score (nSPS) is 20.9. The van der Waals surface area contributed by atoms with Crippen LogP contribution in [0.2, 0.25) is 0 Å². The van der Waals surface area contributed by atoms with Gasteiger partial charge in [-0.2, -0.15) is 0 Å². The van der Waals surface area contributed by atoms with Gasteiger partial charge in [0.05, 0.1) is 19.1 Å². The summed E-state index contributed by atoms with van der Waals surface area (Å²) in [4.78, 5) is 52.8. The number of ketones is 1. The lowest BCUT2D eigenvalue weighted by molar-refractivity contribution is -0.172. The number of aromatic hydroxyl groups is 1. The van der Waals surface area contributed by atoms with Gasteiger partial charge in [-0.25, -0.2) is 14.4 Å². The summed E-state index contributed by atoms with van der Waals surface area (Å²) in [7, 11) is 1.30. The Morgan fingerprint density at radius 2 is 1.55 bits per heavy atom. The number of hydrogen-bond acceptors (Lipinski definition) is 11. The van der Waals surface area contributed by atoms with Crippen molar-refractivity contribution < 1.29 is 52.7 Å². The van der Waals surface area contributed by atoms with Crippen LogP contribution in [0.25, 0.3) is 0 Å². The second-order valence-electron chi connectivity index (χ2n) is 16.5. The molecule has 3 unspecified atom stereocenters. The molecule has 0 saturated heterocycles. The van der Waals surface area contributed by atoms with E-state index in [4.69, 9.17) is 28.4 Å². The maximum atomic E-state index is 14.5. The second-order valence-corrected chi connectivity index (χ2v) is 16.5. The molecule has 4 aliphatic rings. The third-order valence-electron chi connectivity index (χ3n) is 12.0. The zero-order chi connectivity index (χ0) is 42.6. The van der Waals surface area contributed by atoms with Gasteiger partial charge in [-0.05, 0) is 113 Å². The molecule has 2 heterocycles. The van der Waals surface area contributed by atoms with Gasteiger partial charge in [0.2, 0.25) is 6.79 Å². The lowest BCUT2D eigenvalue weighted by Crippen LogP contribution is -2.44. The predicted octanol–water partition coefficient (Wildman–Crippen LogP) is 10.2. The van der Waals surface area contributed by atoms with Gasteiger partial charge in [0.15, 0.2) is 0 Å². The second kappa shape index (κ2) is 18.4. The molecule has 0 aromatic heterocycles. The number of phenols is 1. The maximum Gasteiger partial charge on any atom is 0.345 e. The van der Waals surface area contributed by atoms with Gasteiger partial charge in [-0.3, -0.25) is 4.79 Å². The molecule has 318 valence electrons. The van der Waals surface area contributed by atoms with E-state index in [1.807, 2.05) is 13.0 Å². The first-order valence-corrected chi connectivity index (χ1v) is 21.5. The third-order valence-corrected chi connectivity index (χ3v) is 12.0. The lowest BCUT2D eigenvalue weighted by Gasteiger charge is -2.40. The Bertz CT molecular complexity index is 2210. The minimum atomic E-state index is -1.80. The summed E-state index contributed by atoms with van der Waals surface area (Å²) >= 11 is 0. The van der Waals surface area contributed by atoms with Crippen LogP contribution in [0.1, 0.15) is 169 Å². The number of carbonyl (C=O) groups is 4. The number of cyclic esters (lactones) is 2. The van der Waals surface area contributed by atoms with Crippen LogP contribution in [0.15, 0.2) is 59.7 Å². The van der Waals surface area contributed by atoms with E-state index in [1.54, 1.807) is 30.3 Å². The first-order valence-electron chi connectivity index (χ1n) is 21.5.